The lowest BCUT2D eigenvalue weighted by Crippen LogP contribution is -2.53. The first-order valence-electron chi connectivity index (χ1n) is 9.24. The highest BCUT2D eigenvalue weighted by Gasteiger charge is 2.43. The van der Waals surface area contributed by atoms with E-state index in [1.807, 2.05) is 42.2 Å². The van der Waals surface area contributed by atoms with Gasteiger partial charge >= 0.3 is 0 Å². The van der Waals surface area contributed by atoms with Crippen LogP contribution in [0.15, 0.2) is 30.3 Å². The molecule has 1 aromatic rings. The van der Waals surface area contributed by atoms with Gasteiger partial charge in [-0.1, -0.05) is 37.3 Å². The molecule has 25 heavy (non-hydrogen) atoms. The third kappa shape index (κ3) is 4.82. The number of benzene rings is 1. The zero-order valence-corrected chi connectivity index (χ0v) is 15.4. The molecule has 1 aliphatic rings. The van der Waals surface area contributed by atoms with E-state index in [1.165, 1.54) is 0 Å². The number of piperidine rings is 1. The van der Waals surface area contributed by atoms with Crippen molar-refractivity contribution >= 4 is 11.8 Å². The second kappa shape index (κ2) is 9.56. The van der Waals surface area contributed by atoms with Gasteiger partial charge in [0.15, 0.2) is 0 Å². The van der Waals surface area contributed by atoms with Gasteiger partial charge in [-0.3, -0.25) is 9.59 Å². The summed E-state index contributed by atoms with van der Waals surface area (Å²) in [6.45, 7) is 4.54. The van der Waals surface area contributed by atoms with Crippen LogP contribution in [0.25, 0.3) is 0 Å². The summed E-state index contributed by atoms with van der Waals surface area (Å²) in [6, 6.07) is 9.97. The van der Waals surface area contributed by atoms with Crippen molar-refractivity contribution in [1.82, 2.24) is 10.2 Å². The number of hydrogen-bond donors (Lipinski definition) is 1. The Hall–Kier alpha value is -1.88. The fraction of sp³-hybridized carbons (Fsp3) is 0.600. The first-order valence-corrected chi connectivity index (χ1v) is 9.24. The summed E-state index contributed by atoms with van der Waals surface area (Å²) in [5, 5.41) is 3.07. The molecule has 0 aliphatic carbocycles. The van der Waals surface area contributed by atoms with Crippen molar-refractivity contribution in [3.63, 3.8) is 0 Å². The quantitative estimate of drug-likeness (QED) is 0.736. The van der Waals surface area contributed by atoms with E-state index >= 15 is 0 Å². The zero-order chi connectivity index (χ0) is 18.1. The molecule has 0 aromatic heterocycles. The Morgan fingerprint density at radius 2 is 1.88 bits per heavy atom. The molecule has 0 spiro atoms. The van der Waals surface area contributed by atoms with Gasteiger partial charge in [-0.15, -0.1) is 0 Å². The predicted molar refractivity (Wildman–Crippen MR) is 98.3 cm³/mol. The van der Waals surface area contributed by atoms with Crippen molar-refractivity contribution < 1.29 is 14.3 Å². The fourth-order valence-corrected chi connectivity index (χ4v) is 3.50. The van der Waals surface area contributed by atoms with E-state index < -0.39 is 5.41 Å². The number of amides is 2. The summed E-state index contributed by atoms with van der Waals surface area (Å²) in [5.74, 6) is 0.266. The smallest absolute Gasteiger partial charge is 0.230 e. The molecule has 1 aromatic carbocycles. The van der Waals surface area contributed by atoms with Crippen molar-refractivity contribution in [2.45, 2.75) is 44.4 Å². The Balaban J connectivity index is 2.10. The van der Waals surface area contributed by atoms with Crippen LogP contribution in [0.4, 0.5) is 0 Å². The molecule has 1 saturated heterocycles. The molecule has 0 bridgehead atoms. The highest BCUT2D eigenvalue weighted by molar-refractivity contribution is 5.89. The molecule has 1 heterocycles. The summed E-state index contributed by atoms with van der Waals surface area (Å²) >= 11 is 0. The van der Waals surface area contributed by atoms with Gasteiger partial charge in [0.05, 0.1) is 5.41 Å². The van der Waals surface area contributed by atoms with Crippen LogP contribution in [0.1, 0.15) is 44.6 Å². The molecule has 138 valence electrons. The maximum atomic E-state index is 13.0. The monoisotopic (exact) mass is 346 g/mol. The van der Waals surface area contributed by atoms with E-state index in [2.05, 4.69) is 5.32 Å². The molecular formula is C20H30N2O3. The van der Waals surface area contributed by atoms with E-state index in [-0.39, 0.29) is 11.8 Å². The molecule has 0 unspecified atom stereocenters. The van der Waals surface area contributed by atoms with Crippen LogP contribution in [0.3, 0.4) is 0 Å². The van der Waals surface area contributed by atoms with Crippen LogP contribution in [-0.2, 0) is 19.7 Å². The average Bonchev–Trinajstić information content (AvgIpc) is 2.66. The number of ether oxygens (including phenoxy) is 1. The Labute approximate surface area is 150 Å². The third-order valence-electron chi connectivity index (χ3n) is 5.01. The number of likely N-dealkylation sites (tertiary alicyclic amines) is 1. The van der Waals surface area contributed by atoms with Gasteiger partial charge < -0.3 is 15.0 Å². The number of rotatable bonds is 8. The van der Waals surface area contributed by atoms with Crippen LogP contribution in [-0.4, -0.2) is 50.1 Å². The fourth-order valence-electron chi connectivity index (χ4n) is 3.50. The molecule has 5 nitrogen and oxygen atoms in total. The minimum absolute atomic E-state index is 0.0670. The van der Waals surface area contributed by atoms with E-state index in [9.17, 15) is 9.59 Å². The Kier molecular flexibility index (Phi) is 7.44. The number of methoxy groups -OCH3 is 1. The highest BCUT2D eigenvalue weighted by Crippen LogP contribution is 2.36. The molecule has 1 aliphatic heterocycles. The number of carbonyl (C=O) groups excluding carboxylic acids is 2. The molecule has 1 fully saturated rings. The summed E-state index contributed by atoms with van der Waals surface area (Å²) in [7, 11) is 1.66. The van der Waals surface area contributed by atoms with Gasteiger partial charge in [-0.05, 0) is 31.2 Å². The van der Waals surface area contributed by atoms with Gasteiger partial charge in [-0.2, -0.15) is 0 Å². The van der Waals surface area contributed by atoms with Crippen molar-refractivity contribution in [1.29, 1.82) is 0 Å². The molecule has 2 rings (SSSR count). The largest absolute Gasteiger partial charge is 0.385 e. The van der Waals surface area contributed by atoms with Crippen LogP contribution in [0.5, 0.6) is 0 Å². The molecule has 1 N–H and O–H groups in total. The average molecular weight is 346 g/mol. The molecule has 0 radical (unpaired) electrons. The van der Waals surface area contributed by atoms with Gasteiger partial charge in [-0.25, -0.2) is 0 Å². The van der Waals surface area contributed by atoms with E-state index in [0.717, 1.165) is 18.4 Å². The van der Waals surface area contributed by atoms with Gasteiger partial charge in [0.25, 0.3) is 0 Å². The van der Waals surface area contributed by atoms with Gasteiger partial charge in [0, 0.05) is 39.8 Å². The second-order valence-electron chi connectivity index (χ2n) is 6.68. The second-order valence-corrected chi connectivity index (χ2v) is 6.68. The molecule has 2 amide bonds. The van der Waals surface area contributed by atoms with Crippen LogP contribution in [0, 0.1) is 0 Å². The third-order valence-corrected chi connectivity index (χ3v) is 5.01. The molecule has 0 atom stereocenters. The van der Waals surface area contributed by atoms with Crippen LogP contribution in [0.2, 0.25) is 0 Å². The van der Waals surface area contributed by atoms with Crippen molar-refractivity contribution in [2.24, 2.45) is 0 Å². The van der Waals surface area contributed by atoms with Crippen molar-refractivity contribution in [3.05, 3.63) is 35.9 Å². The Morgan fingerprint density at radius 3 is 2.48 bits per heavy atom. The summed E-state index contributed by atoms with van der Waals surface area (Å²) in [5.41, 5.74) is 0.499. The highest BCUT2D eigenvalue weighted by atomic mass is 16.5. The number of carbonyl (C=O) groups is 2. The first-order chi connectivity index (χ1) is 12.1. The first kappa shape index (κ1) is 19.4. The summed E-state index contributed by atoms with van der Waals surface area (Å²) < 4.78 is 5.05. The van der Waals surface area contributed by atoms with Crippen LogP contribution < -0.4 is 5.32 Å². The topological polar surface area (TPSA) is 58.6 Å². The molecular weight excluding hydrogens is 316 g/mol. The summed E-state index contributed by atoms with van der Waals surface area (Å²) in [4.78, 5) is 27.1. The van der Waals surface area contributed by atoms with E-state index in [1.54, 1.807) is 7.11 Å². The zero-order valence-electron chi connectivity index (χ0n) is 15.4. The van der Waals surface area contributed by atoms with Crippen molar-refractivity contribution in [2.75, 3.05) is 33.4 Å². The van der Waals surface area contributed by atoms with E-state index in [0.29, 0.717) is 45.5 Å². The lowest BCUT2D eigenvalue weighted by Gasteiger charge is -2.41. The lowest BCUT2D eigenvalue weighted by atomic mass is 9.72. The minimum Gasteiger partial charge on any atom is -0.385 e. The Bertz CT molecular complexity index is 551. The summed E-state index contributed by atoms with van der Waals surface area (Å²) in [6.07, 6.45) is 3.58. The number of nitrogens with one attached hydrogen (secondary N) is 1. The van der Waals surface area contributed by atoms with Gasteiger partial charge in [0.2, 0.25) is 11.8 Å². The maximum Gasteiger partial charge on any atom is 0.230 e. The predicted octanol–water partition coefficient (Wildman–Crippen LogP) is 2.50. The SMILES string of the molecule is CCCC(=O)N1CCC(C(=O)NCCCOC)(c2ccccc2)CC1. The standard InChI is InChI=1S/C20H30N2O3/c1-3-8-18(23)22-14-11-20(12-15-22,17-9-5-4-6-10-17)19(24)21-13-7-16-25-2/h4-6,9-10H,3,7-8,11-16H2,1-2H3,(H,21,24). The molecule has 5 heteroatoms. The van der Waals surface area contributed by atoms with Gasteiger partial charge in [0.1, 0.15) is 0 Å². The maximum absolute atomic E-state index is 13.0. The van der Waals surface area contributed by atoms with E-state index in [4.69, 9.17) is 4.74 Å². The minimum atomic E-state index is -0.544. The van der Waals surface area contributed by atoms with Crippen molar-refractivity contribution in [3.8, 4) is 0 Å². The van der Waals surface area contributed by atoms with Crippen LogP contribution >= 0.6 is 0 Å². The lowest BCUT2D eigenvalue weighted by molar-refractivity contribution is -0.137. The Morgan fingerprint density at radius 1 is 1.20 bits per heavy atom. The molecule has 0 saturated carbocycles. The number of hydrogen-bond acceptors (Lipinski definition) is 3. The number of nitrogens with zero attached hydrogens (tertiary/aromatic N) is 1. The normalized spacial score (nSPS) is 16.5.